The fraction of sp³-hybridized carbons (Fsp3) is 0.889. The molecule has 1 N–H and O–H groups in total. The molecule has 2 fully saturated rings. The van der Waals surface area contributed by atoms with Crippen LogP contribution >= 0.6 is 0 Å². The largest absolute Gasteiger partial charge is 0.444 e. The molecule has 0 radical (unpaired) electrons. The maximum Gasteiger partial charge on any atom is 0.410 e. The number of ether oxygens (including phenoxy) is 2. The van der Waals surface area contributed by atoms with E-state index in [0.29, 0.717) is 32.2 Å². The molecule has 2 rings (SSSR count). The summed E-state index contributed by atoms with van der Waals surface area (Å²) in [6, 6.07) is 0.398. The first-order valence-corrected chi connectivity index (χ1v) is 9.14. The Morgan fingerprint density at radius 1 is 1.21 bits per heavy atom. The number of piperidine rings is 1. The summed E-state index contributed by atoms with van der Waals surface area (Å²) in [6.07, 6.45) is 4.82. The molecule has 1 aliphatic heterocycles. The van der Waals surface area contributed by atoms with Gasteiger partial charge in [-0.1, -0.05) is 6.92 Å². The molecule has 24 heavy (non-hydrogen) atoms. The average molecular weight is 340 g/mol. The Bertz CT molecular complexity index is 446. The normalized spacial score (nSPS) is 20.6. The monoisotopic (exact) mass is 340 g/mol. The minimum absolute atomic E-state index is 0.0787. The molecule has 6 nitrogen and oxygen atoms in total. The first-order valence-electron chi connectivity index (χ1n) is 9.14. The van der Waals surface area contributed by atoms with Gasteiger partial charge in [-0.3, -0.25) is 4.79 Å². The zero-order valence-electron chi connectivity index (χ0n) is 15.5. The predicted molar refractivity (Wildman–Crippen MR) is 91.8 cm³/mol. The third-order valence-electron chi connectivity index (χ3n) is 4.65. The molecule has 2 aliphatic rings. The lowest BCUT2D eigenvalue weighted by atomic mass is 9.88. The molecule has 0 spiro atoms. The second-order valence-corrected chi connectivity index (χ2v) is 7.94. The topological polar surface area (TPSA) is 67.9 Å². The van der Waals surface area contributed by atoms with Gasteiger partial charge in [-0.25, -0.2) is 4.79 Å². The lowest BCUT2D eigenvalue weighted by Gasteiger charge is -2.41. The third-order valence-corrected chi connectivity index (χ3v) is 4.65. The van der Waals surface area contributed by atoms with Gasteiger partial charge in [0, 0.05) is 25.6 Å². The van der Waals surface area contributed by atoms with Crippen molar-refractivity contribution < 1.29 is 19.1 Å². The molecule has 0 aromatic heterocycles. The van der Waals surface area contributed by atoms with Crippen LogP contribution < -0.4 is 5.32 Å². The van der Waals surface area contributed by atoms with Crippen LogP contribution in [0.4, 0.5) is 4.79 Å². The fourth-order valence-corrected chi connectivity index (χ4v) is 2.91. The molecule has 2 amide bonds. The van der Waals surface area contributed by atoms with E-state index in [-0.39, 0.29) is 17.6 Å². The molecule has 1 aliphatic carbocycles. The first kappa shape index (κ1) is 19.0. The zero-order chi connectivity index (χ0) is 17.8. The number of carbonyl (C=O) groups excluding carboxylic acids is 2. The maximum atomic E-state index is 12.1. The lowest BCUT2D eigenvalue weighted by molar-refractivity contribution is -0.126. The Balaban J connectivity index is 1.73. The molecule has 0 aromatic rings. The van der Waals surface area contributed by atoms with Gasteiger partial charge >= 0.3 is 6.09 Å². The summed E-state index contributed by atoms with van der Waals surface area (Å²) in [4.78, 5) is 25.6. The van der Waals surface area contributed by atoms with E-state index in [1.165, 1.54) is 0 Å². The van der Waals surface area contributed by atoms with Gasteiger partial charge in [0.2, 0.25) is 5.91 Å². The predicted octanol–water partition coefficient (Wildman–Crippen LogP) is 2.85. The molecule has 0 bridgehead atoms. The highest BCUT2D eigenvalue weighted by Crippen LogP contribution is 2.30. The third kappa shape index (κ3) is 5.96. The number of nitrogens with zero attached hydrogens (tertiary/aromatic N) is 1. The molecule has 1 heterocycles. The van der Waals surface area contributed by atoms with E-state index in [2.05, 4.69) is 12.2 Å². The van der Waals surface area contributed by atoms with E-state index in [1.807, 2.05) is 20.8 Å². The molecule has 138 valence electrons. The van der Waals surface area contributed by atoms with Crippen molar-refractivity contribution in [2.45, 2.75) is 83.5 Å². The summed E-state index contributed by atoms with van der Waals surface area (Å²) in [5.41, 5.74) is -0.694. The molecule has 1 saturated heterocycles. The van der Waals surface area contributed by atoms with Crippen molar-refractivity contribution in [1.82, 2.24) is 10.2 Å². The Labute approximate surface area is 145 Å². The Kier molecular flexibility index (Phi) is 6.12. The quantitative estimate of drug-likeness (QED) is 0.807. The van der Waals surface area contributed by atoms with Gasteiger partial charge in [0.1, 0.15) is 5.60 Å². The van der Waals surface area contributed by atoms with E-state index in [0.717, 1.165) is 32.1 Å². The summed E-state index contributed by atoms with van der Waals surface area (Å²) in [6.45, 7) is 9.45. The molecule has 0 aromatic carbocycles. The number of likely N-dealkylation sites (tertiary alicyclic amines) is 1. The van der Waals surface area contributed by atoms with Crippen LogP contribution in [0.15, 0.2) is 0 Å². The molecule has 6 heteroatoms. The number of amides is 2. The van der Waals surface area contributed by atoms with Crippen molar-refractivity contribution >= 4 is 12.0 Å². The van der Waals surface area contributed by atoms with Gasteiger partial charge in [-0.15, -0.1) is 0 Å². The van der Waals surface area contributed by atoms with E-state index in [4.69, 9.17) is 9.47 Å². The summed E-state index contributed by atoms with van der Waals surface area (Å²) < 4.78 is 11.5. The number of nitrogens with one attached hydrogen (secondary N) is 1. The van der Waals surface area contributed by atoms with Gasteiger partial charge in [-0.2, -0.15) is 0 Å². The van der Waals surface area contributed by atoms with Gasteiger partial charge in [0.25, 0.3) is 0 Å². The summed E-state index contributed by atoms with van der Waals surface area (Å²) in [5, 5.41) is 2.98. The zero-order valence-corrected chi connectivity index (χ0v) is 15.5. The minimum atomic E-state index is -0.470. The molecule has 0 atom stereocenters. The van der Waals surface area contributed by atoms with Crippen LogP contribution in [0.5, 0.6) is 0 Å². The van der Waals surface area contributed by atoms with Crippen LogP contribution in [0.1, 0.15) is 66.2 Å². The van der Waals surface area contributed by atoms with Crippen molar-refractivity contribution in [2.75, 3.05) is 19.7 Å². The molecule has 1 saturated carbocycles. The highest BCUT2D eigenvalue weighted by atomic mass is 16.6. The van der Waals surface area contributed by atoms with Crippen LogP contribution in [0.25, 0.3) is 0 Å². The standard InChI is InChI=1S/C18H32N2O4/c1-5-18(23-13-8-15(21)19-14-6-7-14)9-11-20(12-10-18)16(22)24-17(2,3)4/h14H,5-13H2,1-4H3,(H,19,21). The van der Waals surface area contributed by atoms with E-state index in [1.54, 1.807) is 4.90 Å². The Morgan fingerprint density at radius 2 is 1.83 bits per heavy atom. The second-order valence-electron chi connectivity index (χ2n) is 7.94. The number of hydrogen-bond acceptors (Lipinski definition) is 4. The van der Waals surface area contributed by atoms with Crippen molar-refractivity contribution in [3.05, 3.63) is 0 Å². The summed E-state index contributed by atoms with van der Waals surface area (Å²) >= 11 is 0. The molecular weight excluding hydrogens is 308 g/mol. The highest BCUT2D eigenvalue weighted by molar-refractivity contribution is 5.76. The van der Waals surface area contributed by atoms with E-state index < -0.39 is 5.60 Å². The van der Waals surface area contributed by atoms with Crippen molar-refractivity contribution in [3.8, 4) is 0 Å². The lowest BCUT2D eigenvalue weighted by Crippen LogP contribution is -2.49. The van der Waals surface area contributed by atoms with Crippen molar-refractivity contribution in [2.24, 2.45) is 0 Å². The van der Waals surface area contributed by atoms with Crippen LogP contribution in [-0.2, 0) is 14.3 Å². The molecule has 0 unspecified atom stereocenters. The average Bonchev–Trinajstić information content (AvgIpc) is 3.30. The van der Waals surface area contributed by atoms with Gasteiger partial charge in [0.15, 0.2) is 0 Å². The van der Waals surface area contributed by atoms with Gasteiger partial charge in [0.05, 0.1) is 12.2 Å². The van der Waals surface area contributed by atoms with Gasteiger partial charge < -0.3 is 19.7 Å². The molecular formula is C18H32N2O4. The smallest absolute Gasteiger partial charge is 0.410 e. The minimum Gasteiger partial charge on any atom is -0.444 e. The summed E-state index contributed by atoms with van der Waals surface area (Å²) in [7, 11) is 0. The van der Waals surface area contributed by atoms with E-state index >= 15 is 0 Å². The number of carbonyl (C=O) groups is 2. The van der Waals surface area contributed by atoms with Crippen molar-refractivity contribution in [3.63, 3.8) is 0 Å². The fourth-order valence-electron chi connectivity index (χ4n) is 2.91. The first-order chi connectivity index (χ1) is 11.2. The SMILES string of the molecule is CCC1(OCCC(=O)NC2CC2)CCN(C(=O)OC(C)(C)C)CC1. The van der Waals surface area contributed by atoms with Gasteiger partial charge in [-0.05, 0) is 52.9 Å². The van der Waals surface area contributed by atoms with Crippen molar-refractivity contribution in [1.29, 1.82) is 0 Å². The number of rotatable bonds is 6. The van der Waals surface area contributed by atoms with Crippen LogP contribution in [0.2, 0.25) is 0 Å². The second kappa shape index (κ2) is 7.72. The summed E-state index contributed by atoms with van der Waals surface area (Å²) in [5.74, 6) is 0.0787. The van der Waals surface area contributed by atoms with Crippen LogP contribution in [0.3, 0.4) is 0 Å². The number of hydrogen-bond donors (Lipinski definition) is 1. The van der Waals surface area contributed by atoms with Crippen LogP contribution in [-0.4, -0.2) is 53.8 Å². The Hall–Kier alpha value is -1.30. The Morgan fingerprint density at radius 3 is 2.33 bits per heavy atom. The highest BCUT2D eigenvalue weighted by Gasteiger charge is 2.36. The maximum absolute atomic E-state index is 12.1. The van der Waals surface area contributed by atoms with E-state index in [9.17, 15) is 9.59 Å². The van der Waals surface area contributed by atoms with Crippen LogP contribution in [0, 0.1) is 0 Å².